The monoisotopic (exact) mass is 234 g/mol. The molecule has 3 rings (SSSR count). The summed E-state index contributed by atoms with van der Waals surface area (Å²) in [6, 6.07) is 0.788. The van der Waals surface area contributed by atoms with Gasteiger partial charge in [0.2, 0.25) is 0 Å². The second kappa shape index (κ2) is 4.33. The van der Waals surface area contributed by atoms with Crippen LogP contribution in [0.3, 0.4) is 0 Å². The van der Waals surface area contributed by atoms with Crippen molar-refractivity contribution in [3.63, 3.8) is 0 Å². The number of fused-ring (bicyclic) bond motifs is 1. The van der Waals surface area contributed by atoms with Crippen LogP contribution in [0.5, 0.6) is 0 Å². The van der Waals surface area contributed by atoms with Gasteiger partial charge in [0.05, 0.1) is 5.69 Å². The molecule has 1 saturated carbocycles. The first-order valence-electron chi connectivity index (χ1n) is 6.80. The molecule has 1 fully saturated rings. The third-order valence-electron chi connectivity index (χ3n) is 4.37. The number of anilines is 1. The Balaban J connectivity index is 1.77. The van der Waals surface area contributed by atoms with Crippen molar-refractivity contribution in [1.29, 1.82) is 0 Å². The second-order valence-electron chi connectivity index (χ2n) is 5.45. The Kier molecular flexibility index (Phi) is 2.82. The average Bonchev–Trinajstić information content (AvgIpc) is 2.66. The van der Waals surface area contributed by atoms with E-state index in [1.807, 2.05) is 11.7 Å². The zero-order valence-corrected chi connectivity index (χ0v) is 10.7. The second-order valence-corrected chi connectivity index (χ2v) is 5.45. The van der Waals surface area contributed by atoms with E-state index < -0.39 is 0 Å². The predicted molar refractivity (Wildman–Crippen MR) is 68.6 cm³/mol. The van der Waals surface area contributed by atoms with Gasteiger partial charge in [-0.2, -0.15) is 5.10 Å². The van der Waals surface area contributed by atoms with Gasteiger partial charge in [-0.3, -0.25) is 9.58 Å². The van der Waals surface area contributed by atoms with Crippen molar-refractivity contribution in [3.05, 3.63) is 11.3 Å². The molecule has 0 radical (unpaired) electrons. The van der Waals surface area contributed by atoms with Crippen LogP contribution in [-0.2, 0) is 20.0 Å². The predicted octanol–water partition coefficient (Wildman–Crippen LogP) is 1.69. The third kappa shape index (κ3) is 1.95. The lowest BCUT2D eigenvalue weighted by Gasteiger charge is -2.36. The van der Waals surface area contributed by atoms with Crippen LogP contribution in [0.15, 0.2) is 0 Å². The molecule has 4 nitrogen and oxygen atoms in total. The van der Waals surface area contributed by atoms with Crippen molar-refractivity contribution < 1.29 is 0 Å². The summed E-state index contributed by atoms with van der Waals surface area (Å²) in [4.78, 5) is 2.62. The Hall–Kier alpha value is -1.03. The van der Waals surface area contributed by atoms with Gasteiger partial charge in [0.15, 0.2) is 0 Å². The number of aryl methyl sites for hydroxylation is 1. The maximum Gasteiger partial charge on any atom is 0.126 e. The number of hydrogen-bond acceptors (Lipinski definition) is 3. The maximum absolute atomic E-state index is 6.09. The number of rotatable bonds is 1. The van der Waals surface area contributed by atoms with Gasteiger partial charge in [-0.1, -0.05) is 19.3 Å². The summed E-state index contributed by atoms with van der Waals surface area (Å²) in [5, 5.41) is 4.50. The highest BCUT2D eigenvalue weighted by Gasteiger charge is 2.28. The molecular formula is C13H22N4. The molecule has 4 heteroatoms. The topological polar surface area (TPSA) is 47.1 Å². The van der Waals surface area contributed by atoms with E-state index in [9.17, 15) is 0 Å². The molecular weight excluding hydrogens is 212 g/mol. The van der Waals surface area contributed by atoms with Crippen LogP contribution < -0.4 is 5.73 Å². The quantitative estimate of drug-likeness (QED) is 0.804. The van der Waals surface area contributed by atoms with Crippen molar-refractivity contribution in [1.82, 2.24) is 14.7 Å². The van der Waals surface area contributed by atoms with Crippen LogP contribution in [0.2, 0.25) is 0 Å². The van der Waals surface area contributed by atoms with Gasteiger partial charge < -0.3 is 5.73 Å². The molecule has 0 saturated heterocycles. The van der Waals surface area contributed by atoms with E-state index in [1.54, 1.807) is 0 Å². The Morgan fingerprint density at radius 3 is 2.76 bits per heavy atom. The van der Waals surface area contributed by atoms with Crippen LogP contribution in [0.4, 0.5) is 5.82 Å². The molecule has 0 atom stereocenters. The minimum atomic E-state index is 0.788. The molecule has 0 unspecified atom stereocenters. The van der Waals surface area contributed by atoms with E-state index in [0.717, 1.165) is 31.4 Å². The summed E-state index contributed by atoms with van der Waals surface area (Å²) in [6.45, 7) is 2.17. The summed E-state index contributed by atoms with van der Waals surface area (Å²) >= 11 is 0. The van der Waals surface area contributed by atoms with Crippen molar-refractivity contribution in [3.8, 4) is 0 Å². The first-order valence-corrected chi connectivity index (χ1v) is 6.80. The Morgan fingerprint density at radius 1 is 1.24 bits per heavy atom. The highest BCUT2D eigenvalue weighted by Crippen LogP contribution is 2.29. The zero-order chi connectivity index (χ0) is 11.8. The lowest BCUT2D eigenvalue weighted by Crippen LogP contribution is -2.40. The Bertz CT molecular complexity index is 404. The van der Waals surface area contributed by atoms with Crippen LogP contribution in [0.1, 0.15) is 43.4 Å². The zero-order valence-electron chi connectivity index (χ0n) is 10.7. The number of hydrogen-bond donors (Lipinski definition) is 1. The summed E-state index contributed by atoms with van der Waals surface area (Å²) in [5.74, 6) is 0.862. The maximum atomic E-state index is 6.09. The van der Waals surface area contributed by atoms with Crippen LogP contribution >= 0.6 is 0 Å². The van der Waals surface area contributed by atoms with Gasteiger partial charge in [0, 0.05) is 38.2 Å². The van der Waals surface area contributed by atoms with Gasteiger partial charge >= 0.3 is 0 Å². The van der Waals surface area contributed by atoms with Crippen LogP contribution in [0, 0.1) is 0 Å². The van der Waals surface area contributed by atoms with Crippen molar-refractivity contribution in [2.75, 3.05) is 12.3 Å². The lowest BCUT2D eigenvalue weighted by atomic mass is 9.92. The fourth-order valence-electron chi connectivity index (χ4n) is 3.30. The van der Waals surface area contributed by atoms with E-state index in [4.69, 9.17) is 5.73 Å². The van der Waals surface area contributed by atoms with Crippen LogP contribution in [0.25, 0.3) is 0 Å². The molecule has 94 valence electrons. The number of nitrogen functional groups attached to an aromatic ring is 1. The number of nitrogens with two attached hydrogens (primary N) is 1. The van der Waals surface area contributed by atoms with Crippen molar-refractivity contribution in [2.24, 2.45) is 7.05 Å². The Labute approximate surface area is 103 Å². The van der Waals surface area contributed by atoms with E-state index in [2.05, 4.69) is 10.00 Å². The van der Waals surface area contributed by atoms with Crippen molar-refractivity contribution >= 4 is 5.82 Å². The largest absolute Gasteiger partial charge is 0.384 e. The standard InChI is InChI=1S/C13H22N4/c1-16-13(14)11-9-17(8-7-12(11)15-16)10-5-3-2-4-6-10/h10H,2-9,14H2,1H3. The molecule has 0 spiro atoms. The van der Waals surface area contributed by atoms with Gasteiger partial charge in [-0.15, -0.1) is 0 Å². The van der Waals surface area contributed by atoms with Crippen LogP contribution in [-0.4, -0.2) is 27.3 Å². The molecule has 17 heavy (non-hydrogen) atoms. The van der Waals surface area contributed by atoms with Gasteiger partial charge in [0.25, 0.3) is 0 Å². The normalized spacial score (nSPS) is 22.6. The molecule has 0 bridgehead atoms. The molecule has 2 heterocycles. The summed E-state index contributed by atoms with van der Waals surface area (Å²) < 4.78 is 1.83. The van der Waals surface area contributed by atoms with Crippen molar-refractivity contribution in [2.45, 2.75) is 51.1 Å². The molecule has 1 aliphatic carbocycles. The average molecular weight is 234 g/mol. The summed E-state index contributed by atoms with van der Waals surface area (Å²) in [5.41, 5.74) is 8.59. The highest BCUT2D eigenvalue weighted by molar-refractivity contribution is 5.44. The molecule has 1 aromatic heterocycles. The number of aromatic nitrogens is 2. The molecule has 1 aromatic rings. The minimum Gasteiger partial charge on any atom is -0.384 e. The smallest absolute Gasteiger partial charge is 0.126 e. The van der Waals surface area contributed by atoms with Gasteiger partial charge in [0.1, 0.15) is 5.82 Å². The highest BCUT2D eigenvalue weighted by atomic mass is 15.3. The third-order valence-corrected chi connectivity index (χ3v) is 4.37. The molecule has 0 amide bonds. The van der Waals surface area contributed by atoms with E-state index >= 15 is 0 Å². The molecule has 2 aliphatic rings. The van der Waals surface area contributed by atoms with E-state index in [-0.39, 0.29) is 0 Å². The van der Waals surface area contributed by atoms with E-state index in [1.165, 1.54) is 43.4 Å². The molecule has 0 aromatic carbocycles. The first kappa shape index (κ1) is 11.1. The van der Waals surface area contributed by atoms with E-state index in [0.29, 0.717) is 0 Å². The lowest BCUT2D eigenvalue weighted by molar-refractivity contribution is 0.141. The molecule has 1 aliphatic heterocycles. The first-order chi connectivity index (χ1) is 8.25. The Morgan fingerprint density at radius 2 is 2.00 bits per heavy atom. The fraction of sp³-hybridized carbons (Fsp3) is 0.769. The summed E-state index contributed by atoms with van der Waals surface area (Å²) in [6.07, 6.45) is 8.03. The van der Waals surface area contributed by atoms with Gasteiger partial charge in [-0.05, 0) is 12.8 Å². The SMILES string of the molecule is Cn1nc2c(c1N)CN(C1CCCCC1)CC2. The fourth-order valence-corrected chi connectivity index (χ4v) is 3.30. The van der Waals surface area contributed by atoms with Gasteiger partial charge in [-0.25, -0.2) is 0 Å². The minimum absolute atomic E-state index is 0.788. The summed E-state index contributed by atoms with van der Waals surface area (Å²) in [7, 11) is 1.94. The number of nitrogens with zero attached hydrogens (tertiary/aromatic N) is 3. The molecule has 2 N–H and O–H groups in total.